The molecule has 6 nitrogen and oxygen atoms in total. The predicted octanol–water partition coefficient (Wildman–Crippen LogP) is 0.636. The monoisotopic (exact) mass is 291 g/mol. The summed E-state index contributed by atoms with van der Waals surface area (Å²) in [6.07, 6.45) is 0. The Hall–Kier alpha value is -2.08. The van der Waals surface area contributed by atoms with Crippen LogP contribution in [0.4, 0.5) is 5.69 Å². The lowest BCUT2D eigenvalue weighted by atomic mass is 10.1. The Morgan fingerprint density at radius 2 is 2.00 bits per heavy atom. The molecule has 1 aliphatic heterocycles. The van der Waals surface area contributed by atoms with Gasteiger partial charge in [0.25, 0.3) is 5.91 Å². The summed E-state index contributed by atoms with van der Waals surface area (Å²) in [7, 11) is 0. The molecule has 21 heavy (non-hydrogen) atoms. The number of hydrogen-bond donors (Lipinski definition) is 2. The molecule has 2 rings (SSSR count). The number of anilines is 1. The minimum Gasteiger partial charge on any atom is -0.399 e. The molecule has 1 heterocycles. The van der Waals surface area contributed by atoms with Crippen molar-refractivity contribution in [3.8, 4) is 0 Å². The zero-order valence-electron chi connectivity index (χ0n) is 12.4. The topological polar surface area (TPSA) is 84.7 Å². The zero-order chi connectivity index (χ0) is 15.5. The van der Waals surface area contributed by atoms with Crippen molar-refractivity contribution in [3.63, 3.8) is 0 Å². The predicted molar refractivity (Wildman–Crippen MR) is 79.8 cm³/mol. The first-order chi connectivity index (χ1) is 9.87. The Morgan fingerprint density at radius 3 is 2.62 bits per heavy atom. The van der Waals surface area contributed by atoms with Crippen LogP contribution in [0, 0.1) is 0 Å². The maximum Gasteiger partial charge on any atom is 0.251 e. The van der Waals surface area contributed by atoms with Gasteiger partial charge >= 0.3 is 0 Å². The molecular weight excluding hydrogens is 270 g/mol. The molecule has 6 heteroatoms. The van der Waals surface area contributed by atoms with Gasteiger partial charge in [0.1, 0.15) is 0 Å². The van der Waals surface area contributed by atoms with Crippen molar-refractivity contribution in [2.24, 2.45) is 0 Å². The molecule has 2 amide bonds. The van der Waals surface area contributed by atoms with E-state index in [1.54, 1.807) is 29.2 Å². The first kappa shape index (κ1) is 15.3. The van der Waals surface area contributed by atoms with E-state index in [9.17, 15) is 9.59 Å². The van der Waals surface area contributed by atoms with Crippen molar-refractivity contribution < 1.29 is 14.3 Å². The van der Waals surface area contributed by atoms with Crippen LogP contribution in [0.15, 0.2) is 24.3 Å². The number of nitrogens with two attached hydrogens (primary N) is 1. The van der Waals surface area contributed by atoms with Gasteiger partial charge in [-0.1, -0.05) is 0 Å². The normalized spacial score (nSPS) is 17.3. The van der Waals surface area contributed by atoms with Crippen LogP contribution in [-0.2, 0) is 9.53 Å². The van der Waals surface area contributed by atoms with Crippen LogP contribution in [0.5, 0.6) is 0 Å². The van der Waals surface area contributed by atoms with Crippen LogP contribution >= 0.6 is 0 Å². The van der Waals surface area contributed by atoms with E-state index in [-0.39, 0.29) is 24.0 Å². The van der Waals surface area contributed by atoms with Gasteiger partial charge in [-0.05, 0) is 38.1 Å². The number of nitrogen functional groups attached to an aromatic ring is 1. The highest BCUT2D eigenvalue weighted by Crippen LogP contribution is 2.16. The third-order valence-electron chi connectivity index (χ3n) is 3.35. The molecule has 1 saturated heterocycles. The lowest BCUT2D eigenvalue weighted by Gasteiger charge is -2.38. The van der Waals surface area contributed by atoms with E-state index in [0.29, 0.717) is 30.9 Å². The summed E-state index contributed by atoms with van der Waals surface area (Å²) in [5.41, 5.74) is 6.31. The Kier molecular flexibility index (Phi) is 4.47. The summed E-state index contributed by atoms with van der Waals surface area (Å²) in [5.74, 6) is -0.383. The molecule has 0 aromatic heterocycles. The average Bonchev–Trinajstić information content (AvgIpc) is 2.44. The molecule has 0 spiro atoms. The molecule has 0 bridgehead atoms. The first-order valence-corrected chi connectivity index (χ1v) is 6.93. The smallest absolute Gasteiger partial charge is 0.251 e. The van der Waals surface area contributed by atoms with E-state index in [1.165, 1.54) is 0 Å². The van der Waals surface area contributed by atoms with Gasteiger partial charge in [-0.2, -0.15) is 0 Å². The maximum atomic E-state index is 12.1. The number of benzene rings is 1. The van der Waals surface area contributed by atoms with Gasteiger partial charge in [0, 0.05) is 24.3 Å². The summed E-state index contributed by atoms with van der Waals surface area (Å²) >= 11 is 0. The second-order valence-electron chi connectivity index (χ2n) is 5.73. The van der Waals surface area contributed by atoms with E-state index in [2.05, 4.69) is 5.32 Å². The minimum absolute atomic E-state index is 0.0146. The van der Waals surface area contributed by atoms with E-state index in [4.69, 9.17) is 10.5 Å². The van der Waals surface area contributed by atoms with E-state index < -0.39 is 0 Å². The van der Waals surface area contributed by atoms with Gasteiger partial charge in [-0.3, -0.25) is 9.59 Å². The van der Waals surface area contributed by atoms with E-state index >= 15 is 0 Å². The van der Waals surface area contributed by atoms with Gasteiger partial charge in [0.15, 0.2) is 0 Å². The fourth-order valence-electron chi connectivity index (χ4n) is 2.23. The molecule has 0 radical (unpaired) electrons. The lowest BCUT2D eigenvalue weighted by molar-refractivity contribution is -0.144. The molecule has 0 saturated carbocycles. The fraction of sp³-hybridized carbons (Fsp3) is 0.467. The van der Waals surface area contributed by atoms with Gasteiger partial charge in [-0.15, -0.1) is 0 Å². The van der Waals surface area contributed by atoms with Gasteiger partial charge in [0.05, 0.1) is 18.8 Å². The molecule has 114 valence electrons. The number of ether oxygens (including phenoxy) is 1. The fourth-order valence-corrected chi connectivity index (χ4v) is 2.23. The Bertz CT molecular complexity index is 525. The lowest BCUT2D eigenvalue weighted by Crippen LogP contribution is -2.52. The van der Waals surface area contributed by atoms with Gasteiger partial charge in [0.2, 0.25) is 5.91 Å². The number of carbonyl (C=O) groups excluding carboxylic acids is 2. The molecule has 1 aromatic carbocycles. The van der Waals surface area contributed by atoms with Crippen LogP contribution in [-0.4, -0.2) is 48.6 Å². The average molecular weight is 291 g/mol. The van der Waals surface area contributed by atoms with Crippen molar-refractivity contribution in [2.75, 3.05) is 32.0 Å². The van der Waals surface area contributed by atoms with Crippen molar-refractivity contribution in [3.05, 3.63) is 29.8 Å². The van der Waals surface area contributed by atoms with Crippen LogP contribution in [0.2, 0.25) is 0 Å². The third kappa shape index (κ3) is 4.19. The molecule has 0 unspecified atom stereocenters. The second kappa shape index (κ2) is 6.13. The van der Waals surface area contributed by atoms with Crippen LogP contribution in [0.1, 0.15) is 24.2 Å². The molecule has 1 aromatic rings. The van der Waals surface area contributed by atoms with E-state index in [0.717, 1.165) is 0 Å². The molecular formula is C15H21N3O3. The molecule has 1 aliphatic rings. The standard InChI is InChI=1S/C15H21N3O3/c1-15(2)10-18(7-8-21-15)13(19)9-17-14(20)11-3-5-12(16)6-4-11/h3-6H,7-10,16H2,1-2H3,(H,17,20). The van der Waals surface area contributed by atoms with Crippen LogP contribution in [0.25, 0.3) is 0 Å². The highest BCUT2D eigenvalue weighted by Gasteiger charge is 2.29. The number of amides is 2. The van der Waals surface area contributed by atoms with Crippen molar-refractivity contribution in [1.29, 1.82) is 0 Å². The number of nitrogens with zero attached hydrogens (tertiary/aromatic N) is 1. The largest absolute Gasteiger partial charge is 0.399 e. The maximum absolute atomic E-state index is 12.1. The third-order valence-corrected chi connectivity index (χ3v) is 3.35. The molecule has 0 atom stereocenters. The Labute approximate surface area is 124 Å². The highest BCUT2D eigenvalue weighted by molar-refractivity contribution is 5.96. The number of morpholine rings is 1. The number of hydrogen-bond acceptors (Lipinski definition) is 4. The second-order valence-corrected chi connectivity index (χ2v) is 5.73. The molecule has 1 fully saturated rings. The van der Waals surface area contributed by atoms with Crippen molar-refractivity contribution in [2.45, 2.75) is 19.4 Å². The summed E-state index contributed by atoms with van der Waals surface area (Å²) < 4.78 is 5.56. The van der Waals surface area contributed by atoms with E-state index in [1.807, 2.05) is 13.8 Å². The Morgan fingerprint density at radius 1 is 1.33 bits per heavy atom. The van der Waals surface area contributed by atoms with Crippen LogP contribution in [0.3, 0.4) is 0 Å². The van der Waals surface area contributed by atoms with Crippen molar-refractivity contribution >= 4 is 17.5 Å². The summed E-state index contributed by atoms with van der Waals surface area (Å²) in [6, 6.07) is 6.57. The number of rotatable bonds is 3. The van der Waals surface area contributed by atoms with Crippen molar-refractivity contribution in [1.82, 2.24) is 10.2 Å². The number of nitrogens with one attached hydrogen (secondary N) is 1. The SMILES string of the molecule is CC1(C)CN(C(=O)CNC(=O)c2ccc(N)cc2)CCO1. The molecule has 3 N–H and O–H groups in total. The first-order valence-electron chi connectivity index (χ1n) is 6.93. The van der Waals surface area contributed by atoms with Crippen LogP contribution < -0.4 is 11.1 Å². The number of carbonyl (C=O) groups is 2. The summed E-state index contributed by atoms with van der Waals surface area (Å²) in [4.78, 5) is 25.7. The summed E-state index contributed by atoms with van der Waals surface area (Å²) in [6.45, 7) is 5.48. The highest BCUT2D eigenvalue weighted by atomic mass is 16.5. The summed E-state index contributed by atoms with van der Waals surface area (Å²) in [5, 5.41) is 2.63. The zero-order valence-corrected chi connectivity index (χ0v) is 12.4. The Balaban J connectivity index is 1.86. The quantitative estimate of drug-likeness (QED) is 0.800. The molecule has 0 aliphatic carbocycles. The van der Waals surface area contributed by atoms with Gasteiger partial charge < -0.3 is 20.7 Å². The minimum atomic E-state index is -0.338. The van der Waals surface area contributed by atoms with Gasteiger partial charge in [-0.25, -0.2) is 0 Å².